The van der Waals surface area contributed by atoms with Crippen molar-refractivity contribution in [3.63, 3.8) is 0 Å². The number of hydrogen-bond donors (Lipinski definition) is 2. The third-order valence-corrected chi connectivity index (χ3v) is 2.52. The maximum absolute atomic E-state index is 9.03. The van der Waals surface area contributed by atoms with Crippen LogP contribution in [-0.2, 0) is 0 Å². The molecule has 0 spiro atoms. The Balaban J connectivity index is 1.99. The van der Waals surface area contributed by atoms with Crippen molar-refractivity contribution in [2.75, 3.05) is 19.7 Å². The summed E-state index contributed by atoms with van der Waals surface area (Å²) in [4.78, 5) is 0. The highest BCUT2D eigenvalue weighted by atomic mass is 35.5. The Hall–Kier alpha value is -0.770. The van der Waals surface area contributed by atoms with Crippen molar-refractivity contribution in [1.29, 1.82) is 0 Å². The molecule has 96 valence electrons. The molecule has 0 aliphatic rings. The second kappa shape index (κ2) is 8.34. The molecular weight excluding hydrogens is 238 g/mol. The van der Waals surface area contributed by atoms with E-state index in [-0.39, 0.29) is 6.10 Å². The molecule has 1 rings (SSSR count). The number of halogens is 1. The Kier molecular flexibility index (Phi) is 7.01. The summed E-state index contributed by atoms with van der Waals surface area (Å²) in [6.45, 7) is 4.04. The van der Waals surface area contributed by atoms with Crippen LogP contribution in [0.3, 0.4) is 0 Å². The normalized spacial score (nSPS) is 12.4. The zero-order valence-corrected chi connectivity index (χ0v) is 10.9. The van der Waals surface area contributed by atoms with Gasteiger partial charge in [0, 0.05) is 11.6 Å². The van der Waals surface area contributed by atoms with Crippen LogP contribution in [0.5, 0.6) is 5.75 Å². The molecule has 1 unspecified atom stereocenters. The zero-order chi connectivity index (χ0) is 12.5. The topological polar surface area (TPSA) is 41.5 Å². The molecule has 0 saturated carbocycles. The molecule has 1 atom stereocenters. The third-order valence-electron chi connectivity index (χ3n) is 2.27. The predicted octanol–water partition coefficient (Wildman–Crippen LogP) is 2.47. The van der Waals surface area contributed by atoms with Crippen molar-refractivity contribution >= 4 is 11.6 Å². The summed E-state index contributed by atoms with van der Waals surface area (Å²) in [5.74, 6) is 0.853. The van der Waals surface area contributed by atoms with E-state index in [0.29, 0.717) is 13.2 Å². The first kappa shape index (κ1) is 14.3. The fourth-order valence-electron chi connectivity index (χ4n) is 1.38. The van der Waals surface area contributed by atoms with Gasteiger partial charge in [-0.25, -0.2) is 0 Å². The predicted molar refractivity (Wildman–Crippen MR) is 70.7 cm³/mol. The van der Waals surface area contributed by atoms with Gasteiger partial charge in [0.25, 0.3) is 0 Å². The molecule has 0 fully saturated rings. The minimum absolute atomic E-state index is 0.277. The average Bonchev–Trinajstić information content (AvgIpc) is 2.30. The molecule has 0 aliphatic carbocycles. The Morgan fingerprint density at radius 3 is 2.65 bits per heavy atom. The number of benzene rings is 1. The summed E-state index contributed by atoms with van der Waals surface area (Å²) in [6, 6.07) is 7.38. The molecule has 1 aromatic carbocycles. The van der Waals surface area contributed by atoms with Crippen molar-refractivity contribution < 1.29 is 9.84 Å². The maximum Gasteiger partial charge on any atom is 0.119 e. The number of unbranched alkanes of at least 4 members (excludes halogenated alkanes) is 1. The minimum Gasteiger partial charge on any atom is -0.494 e. The van der Waals surface area contributed by atoms with Gasteiger partial charge < -0.3 is 15.2 Å². The van der Waals surface area contributed by atoms with Crippen molar-refractivity contribution in [2.24, 2.45) is 0 Å². The number of rotatable bonds is 8. The van der Waals surface area contributed by atoms with Crippen LogP contribution in [0.15, 0.2) is 24.3 Å². The summed E-state index contributed by atoms with van der Waals surface area (Å²) in [7, 11) is 0. The summed E-state index contributed by atoms with van der Waals surface area (Å²) < 4.78 is 5.55. The second-order valence-electron chi connectivity index (χ2n) is 4.06. The van der Waals surface area contributed by atoms with Gasteiger partial charge in [-0.15, -0.1) is 0 Å². The van der Waals surface area contributed by atoms with E-state index in [1.807, 2.05) is 24.3 Å². The Morgan fingerprint density at radius 2 is 2.00 bits per heavy atom. The largest absolute Gasteiger partial charge is 0.494 e. The zero-order valence-electron chi connectivity index (χ0n) is 10.2. The molecule has 0 saturated heterocycles. The van der Waals surface area contributed by atoms with Crippen LogP contribution in [0.25, 0.3) is 0 Å². The van der Waals surface area contributed by atoms with E-state index in [9.17, 15) is 0 Å². The van der Waals surface area contributed by atoms with Gasteiger partial charge in [-0.1, -0.05) is 11.6 Å². The fourth-order valence-corrected chi connectivity index (χ4v) is 1.51. The molecule has 2 N–H and O–H groups in total. The third kappa shape index (κ3) is 7.21. The monoisotopic (exact) mass is 257 g/mol. The highest BCUT2D eigenvalue weighted by molar-refractivity contribution is 6.30. The Morgan fingerprint density at radius 1 is 1.29 bits per heavy atom. The number of aliphatic hydroxyl groups is 1. The number of nitrogens with one attached hydrogen (secondary N) is 1. The first-order chi connectivity index (χ1) is 8.18. The molecule has 3 nitrogen and oxygen atoms in total. The lowest BCUT2D eigenvalue weighted by Crippen LogP contribution is -2.25. The highest BCUT2D eigenvalue weighted by Gasteiger charge is 1.95. The van der Waals surface area contributed by atoms with Crippen molar-refractivity contribution in [2.45, 2.75) is 25.9 Å². The summed E-state index contributed by atoms with van der Waals surface area (Å²) >= 11 is 5.77. The van der Waals surface area contributed by atoms with E-state index in [4.69, 9.17) is 21.4 Å². The van der Waals surface area contributed by atoms with Gasteiger partial charge in [0.05, 0.1) is 12.7 Å². The maximum atomic E-state index is 9.03. The summed E-state index contributed by atoms with van der Waals surface area (Å²) in [6.07, 6.45) is 1.76. The minimum atomic E-state index is -0.277. The molecule has 0 aromatic heterocycles. The summed E-state index contributed by atoms with van der Waals surface area (Å²) in [5, 5.41) is 12.9. The van der Waals surface area contributed by atoms with Gasteiger partial charge in [0.15, 0.2) is 0 Å². The average molecular weight is 258 g/mol. The van der Waals surface area contributed by atoms with E-state index in [1.165, 1.54) is 0 Å². The Labute approximate surface area is 108 Å². The van der Waals surface area contributed by atoms with E-state index in [0.717, 1.165) is 30.2 Å². The number of aliphatic hydroxyl groups excluding tert-OH is 1. The van der Waals surface area contributed by atoms with Crippen LogP contribution in [0.4, 0.5) is 0 Å². The van der Waals surface area contributed by atoms with E-state index < -0.39 is 0 Å². The van der Waals surface area contributed by atoms with Gasteiger partial charge in [-0.2, -0.15) is 0 Å². The lowest BCUT2D eigenvalue weighted by atomic mass is 10.3. The standard InChI is InChI=1S/C13H20ClNO2/c1-11(16)10-15-8-2-3-9-17-13-6-4-12(14)5-7-13/h4-7,11,15-16H,2-3,8-10H2,1H3. The quantitative estimate of drug-likeness (QED) is 0.703. The van der Waals surface area contributed by atoms with E-state index >= 15 is 0 Å². The van der Waals surface area contributed by atoms with Crippen LogP contribution in [-0.4, -0.2) is 30.9 Å². The highest BCUT2D eigenvalue weighted by Crippen LogP contribution is 2.15. The number of ether oxygens (including phenoxy) is 1. The van der Waals surface area contributed by atoms with Crippen LogP contribution >= 0.6 is 11.6 Å². The van der Waals surface area contributed by atoms with Crippen LogP contribution in [0.2, 0.25) is 5.02 Å². The number of hydrogen-bond acceptors (Lipinski definition) is 3. The van der Waals surface area contributed by atoms with Crippen molar-refractivity contribution in [3.05, 3.63) is 29.3 Å². The second-order valence-corrected chi connectivity index (χ2v) is 4.50. The van der Waals surface area contributed by atoms with Gasteiger partial charge in [-0.05, 0) is 50.6 Å². The molecule has 0 aliphatic heterocycles. The molecule has 0 bridgehead atoms. The SMILES string of the molecule is CC(O)CNCCCCOc1ccc(Cl)cc1. The van der Waals surface area contributed by atoms with E-state index in [1.54, 1.807) is 6.92 Å². The van der Waals surface area contributed by atoms with Crippen LogP contribution < -0.4 is 10.1 Å². The molecular formula is C13H20ClNO2. The van der Waals surface area contributed by atoms with Crippen molar-refractivity contribution in [1.82, 2.24) is 5.32 Å². The first-order valence-electron chi connectivity index (χ1n) is 5.95. The van der Waals surface area contributed by atoms with Gasteiger partial charge in [0.1, 0.15) is 5.75 Å². The summed E-state index contributed by atoms with van der Waals surface area (Å²) in [5.41, 5.74) is 0. The molecule has 17 heavy (non-hydrogen) atoms. The van der Waals surface area contributed by atoms with E-state index in [2.05, 4.69) is 5.32 Å². The molecule has 0 radical (unpaired) electrons. The first-order valence-corrected chi connectivity index (χ1v) is 6.33. The van der Waals surface area contributed by atoms with Crippen LogP contribution in [0.1, 0.15) is 19.8 Å². The van der Waals surface area contributed by atoms with Gasteiger partial charge in [0.2, 0.25) is 0 Å². The molecule has 1 aromatic rings. The fraction of sp³-hybridized carbons (Fsp3) is 0.538. The van der Waals surface area contributed by atoms with Crippen molar-refractivity contribution in [3.8, 4) is 5.75 Å². The molecule has 0 heterocycles. The Bertz CT molecular complexity index is 301. The molecule has 4 heteroatoms. The van der Waals surface area contributed by atoms with Crippen LogP contribution in [0, 0.1) is 0 Å². The smallest absolute Gasteiger partial charge is 0.119 e. The lowest BCUT2D eigenvalue weighted by molar-refractivity contribution is 0.191. The molecule has 0 amide bonds. The lowest BCUT2D eigenvalue weighted by Gasteiger charge is -2.08. The van der Waals surface area contributed by atoms with Gasteiger partial charge in [-0.3, -0.25) is 0 Å². The van der Waals surface area contributed by atoms with Gasteiger partial charge >= 0.3 is 0 Å².